The van der Waals surface area contributed by atoms with Crippen molar-refractivity contribution in [2.75, 3.05) is 19.1 Å². The molecule has 8 nitrogen and oxygen atoms in total. The van der Waals surface area contributed by atoms with Crippen LogP contribution in [0.25, 0.3) is 22.6 Å². The van der Waals surface area contributed by atoms with Gasteiger partial charge in [-0.1, -0.05) is 48.0 Å². The van der Waals surface area contributed by atoms with E-state index in [-0.39, 0.29) is 11.6 Å². The molecule has 1 aromatic heterocycles. The van der Waals surface area contributed by atoms with Gasteiger partial charge in [0, 0.05) is 16.7 Å². The van der Waals surface area contributed by atoms with E-state index in [1.165, 1.54) is 14.2 Å². The number of hydrogen-bond donors (Lipinski definition) is 0. The van der Waals surface area contributed by atoms with Crippen LogP contribution in [-0.4, -0.2) is 34.9 Å². The summed E-state index contributed by atoms with van der Waals surface area (Å²) in [5.41, 5.74) is 3.97. The summed E-state index contributed by atoms with van der Waals surface area (Å²) in [5.74, 6) is 1.01. The van der Waals surface area contributed by atoms with E-state index in [4.69, 9.17) is 14.6 Å². The first-order valence-electron chi connectivity index (χ1n) is 10.8. The van der Waals surface area contributed by atoms with Crippen LogP contribution in [0.1, 0.15) is 27.7 Å². The molecule has 2 aliphatic rings. The Balaban J connectivity index is 1.67. The number of methoxy groups -OCH3 is 2. The third kappa shape index (κ3) is 2.65. The lowest BCUT2D eigenvalue weighted by Gasteiger charge is -2.34. The van der Waals surface area contributed by atoms with Crippen molar-refractivity contribution in [1.29, 1.82) is 0 Å². The average molecular weight is 452 g/mol. The van der Waals surface area contributed by atoms with Crippen molar-refractivity contribution in [2.45, 2.75) is 13.1 Å². The molecule has 0 fully saturated rings. The summed E-state index contributed by atoms with van der Waals surface area (Å²) in [5, 5.41) is 4.76. The fourth-order valence-electron chi connectivity index (χ4n) is 4.75. The average Bonchev–Trinajstić information content (AvgIpc) is 3.16. The molecule has 6 rings (SSSR count). The highest BCUT2D eigenvalue weighted by Crippen LogP contribution is 2.50. The monoisotopic (exact) mass is 452 g/mol. The molecule has 8 heteroatoms. The zero-order valence-corrected chi connectivity index (χ0v) is 18.8. The number of para-hydroxylation sites is 1. The van der Waals surface area contributed by atoms with Gasteiger partial charge in [0.05, 0.1) is 25.5 Å². The standard InChI is InChI=1S/C26H20N4O4/c1-14-8-10-15(11-9-14)21-24(31)27-23-16-6-4-5-7-18(16)29-25(30(23)28-21)17-12-13-19(33-2)22(34-3)20(17)26(29)32/h4-13,25H,1-3H3. The van der Waals surface area contributed by atoms with Gasteiger partial charge >= 0.3 is 0 Å². The van der Waals surface area contributed by atoms with E-state index in [9.17, 15) is 9.59 Å². The van der Waals surface area contributed by atoms with Gasteiger partial charge in [0.1, 0.15) is 0 Å². The number of ether oxygens (including phenoxy) is 2. The van der Waals surface area contributed by atoms with Gasteiger partial charge in [-0.25, -0.2) is 4.68 Å². The molecule has 4 aromatic rings. The number of anilines is 1. The van der Waals surface area contributed by atoms with Crippen molar-refractivity contribution in [1.82, 2.24) is 14.8 Å². The predicted molar refractivity (Wildman–Crippen MR) is 126 cm³/mol. The minimum atomic E-state index is -0.621. The maximum Gasteiger partial charge on any atom is 0.300 e. The molecular weight excluding hydrogens is 432 g/mol. The van der Waals surface area contributed by atoms with Crippen LogP contribution in [0.5, 0.6) is 11.5 Å². The summed E-state index contributed by atoms with van der Waals surface area (Å²) < 4.78 is 12.7. The highest BCUT2D eigenvalue weighted by atomic mass is 16.5. The zero-order chi connectivity index (χ0) is 23.6. The fourth-order valence-corrected chi connectivity index (χ4v) is 4.75. The summed E-state index contributed by atoms with van der Waals surface area (Å²) in [6, 6.07) is 18.5. The van der Waals surface area contributed by atoms with Gasteiger partial charge in [-0.05, 0) is 25.1 Å². The van der Waals surface area contributed by atoms with Crippen molar-refractivity contribution in [3.05, 3.63) is 87.7 Å². The molecule has 0 bridgehead atoms. The lowest BCUT2D eigenvalue weighted by molar-refractivity contribution is 0.0983. The van der Waals surface area contributed by atoms with Gasteiger partial charge in [0.2, 0.25) is 0 Å². The van der Waals surface area contributed by atoms with Crippen LogP contribution in [0.3, 0.4) is 0 Å². The van der Waals surface area contributed by atoms with Gasteiger partial charge in [-0.2, -0.15) is 10.1 Å². The van der Waals surface area contributed by atoms with Crippen molar-refractivity contribution in [3.8, 4) is 34.1 Å². The van der Waals surface area contributed by atoms with Crippen molar-refractivity contribution in [3.63, 3.8) is 0 Å². The van der Waals surface area contributed by atoms with Crippen molar-refractivity contribution >= 4 is 11.6 Å². The van der Waals surface area contributed by atoms with E-state index in [1.54, 1.807) is 15.6 Å². The van der Waals surface area contributed by atoms with E-state index in [0.29, 0.717) is 45.3 Å². The third-order valence-corrected chi connectivity index (χ3v) is 6.33. The predicted octanol–water partition coefficient (Wildman–Crippen LogP) is 3.82. The molecule has 0 aliphatic carbocycles. The van der Waals surface area contributed by atoms with Crippen molar-refractivity contribution < 1.29 is 14.3 Å². The molecular formula is C26H20N4O4. The summed E-state index contributed by atoms with van der Waals surface area (Å²) in [4.78, 5) is 33.0. The summed E-state index contributed by atoms with van der Waals surface area (Å²) in [7, 11) is 3.04. The van der Waals surface area contributed by atoms with Gasteiger partial charge in [0.25, 0.3) is 11.5 Å². The lowest BCUT2D eigenvalue weighted by atomic mass is 10.0. The van der Waals surface area contributed by atoms with Crippen LogP contribution < -0.4 is 19.9 Å². The molecule has 0 saturated heterocycles. The van der Waals surface area contributed by atoms with E-state index in [0.717, 1.165) is 5.56 Å². The maximum absolute atomic E-state index is 13.8. The zero-order valence-electron chi connectivity index (χ0n) is 18.8. The van der Waals surface area contributed by atoms with Gasteiger partial charge < -0.3 is 9.47 Å². The van der Waals surface area contributed by atoms with E-state index in [2.05, 4.69) is 4.98 Å². The highest BCUT2D eigenvalue weighted by molar-refractivity contribution is 6.15. The number of aryl methyl sites for hydroxylation is 1. The molecule has 3 aromatic carbocycles. The second-order valence-electron chi connectivity index (χ2n) is 8.23. The molecule has 1 amide bonds. The van der Waals surface area contributed by atoms with E-state index >= 15 is 0 Å². The minimum Gasteiger partial charge on any atom is -0.493 e. The Morgan fingerprint density at radius 2 is 1.68 bits per heavy atom. The molecule has 0 saturated carbocycles. The Bertz CT molecular complexity index is 1540. The molecule has 2 aliphatic heterocycles. The number of benzene rings is 3. The normalized spacial score (nSPS) is 15.3. The van der Waals surface area contributed by atoms with Crippen molar-refractivity contribution in [2.24, 2.45) is 0 Å². The SMILES string of the molecule is COc1ccc2c(c1OC)C(=O)N1c3ccccc3-c3nc(=O)c(-c4ccc(C)cc4)nn3C21. The maximum atomic E-state index is 13.8. The minimum absolute atomic E-state index is 0.226. The quantitative estimate of drug-likeness (QED) is 0.470. The third-order valence-electron chi connectivity index (χ3n) is 6.33. The van der Waals surface area contributed by atoms with Crippen LogP contribution in [0.2, 0.25) is 0 Å². The largest absolute Gasteiger partial charge is 0.493 e. The Morgan fingerprint density at radius 1 is 0.912 bits per heavy atom. The number of carbonyl (C=O) groups is 1. The number of rotatable bonds is 3. The number of hydrogen-bond acceptors (Lipinski definition) is 6. The Morgan fingerprint density at radius 3 is 2.41 bits per heavy atom. The molecule has 0 radical (unpaired) electrons. The molecule has 1 atom stereocenters. The Kier molecular flexibility index (Phi) is 4.32. The first kappa shape index (κ1) is 20.2. The van der Waals surface area contributed by atoms with Gasteiger partial charge in [-0.15, -0.1) is 0 Å². The molecule has 168 valence electrons. The number of nitrogens with zero attached hydrogens (tertiary/aromatic N) is 4. The Labute approximate surface area is 195 Å². The summed E-state index contributed by atoms with van der Waals surface area (Å²) >= 11 is 0. The first-order chi connectivity index (χ1) is 16.5. The summed E-state index contributed by atoms with van der Waals surface area (Å²) in [6.07, 6.45) is -0.621. The molecule has 34 heavy (non-hydrogen) atoms. The van der Waals surface area contributed by atoms with Crippen LogP contribution in [0, 0.1) is 6.92 Å². The molecule has 1 unspecified atom stereocenters. The summed E-state index contributed by atoms with van der Waals surface area (Å²) in [6.45, 7) is 1.98. The van der Waals surface area contributed by atoms with Crippen LogP contribution in [0.15, 0.2) is 65.5 Å². The Hall–Kier alpha value is -4.46. The smallest absolute Gasteiger partial charge is 0.300 e. The first-order valence-corrected chi connectivity index (χ1v) is 10.8. The van der Waals surface area contributed by atoms with E-state index in [1.807, 2.05) is 61.5 Å². The highest BCUT2D eigenvalue weighted by Gasteiger charge is 2.47. The number of carbonyl (C=O) groups excluding carboxylic acids is 1. The number of amides is 1. The van der Waals surface area contributed by atoms with Gasteiger partial charge in [-0.3, -0.25) is 14.5 Å². The van der Waals surface area contributed by atoms with Gasteiger partial charge in [0.15, 0.2) is 29.2 Å². The van der Waals surface area contributed by atoms with Crippen LogP contribution >= 0.6 is 0 Å². The number of fused-ring (bicyclic) bond motifs is 8. The fraction of sp³-hybridized carbons (Fsp3) is 0.154. The molecule has 0 N–H and O–H groups in total. The topological polar surface area (TPSA) is 86.6 Å². The lowest BCUT2D eigenvalue weighted by Crippen LogP contribution is -2.39. The second-order valence-corrected chi connectivity index (χ2v) is 8.23. The molecule has 0 spiro atoms. The second kappa shape index (κ2) is 7.28. The van der Waals surface area contributed by atoms with E-state index < -0.39 is 11.7 Å². The van der Waals surface area contributed by atoms with Crippen LogP contribution in [0.4, 0.5) is 5.69 Å². The molecule has 3 heterocycles. The number of aromatic nitrogens is 3. The van der Waals surface area contributed by atoms with Crippen LogP contribution in [-0.2, 0) is 0 Å².